The Morgan fingerprint density at radius 3 is 1.15 bits per heavy atom. The highest BCUT2D eigenvalue weighted by Gasteiger charge is 2.54. The fourth-order valence-electron chi connectivity index (χ4n) is 9.77. The smallest absolute Gasteiger partial charge is 0.441 e. The Labute approximate surface area is 542 Å². The molecule has 6 heterocycles. The van der Waals surface area contributed by atoms with Gasteiger partial charge < -0.3 is 51.9 Å². The fraction of sp³-hybridized carbons (Fsp3) is 0.389. The lowest BCUT2D eigenvalue weighted by Gasteiger charge is -2.42. The molecule has 12 atom stereocenters. The summed E-state index contributed by atoms with van der Waals surface area (Å²) >= 11 is 0. The summed E-state index contributed by atoms with van der Waals surface area (Å²) in [5.41, 5.74) is 25.9. The Morgan fingerprint density at radius 2 is 0.897 bits per heavy atom. The molecule has 0 radical (unpaired) electrons. The lowest BCUT2D eigenvalue weighted by Crippen LogP contribution is -2.66. The van der Waals surface area contributed by atoms with Crippen molar-refractivity contribution in [2.75, 3.05) is 0 Å². The summed E-state index contributed by atoms with van der Waals surface area (Å²) in [7, 11) is 0. The summed E-state index contributed by atoms with van der Waals surface area (Å²) in [5, 5.41) is 83.5. The van der Waals surface area contributed by atoms with Crippen molar-refractivity contribution in [1.29, 1.82) is 0 Å². The third-order valence-electron chi connectivity index (χ3n) is 15.3. The Hall–Kier alpha value is -13.0. The molecule has 3 saturated heterocycles. The van der Waals surface area contributed by atoms with Gasteiger partial charge in [-0.1, -0.05) is 26.0 Å². The number of aromatic nitrogens is 12. The number of ether oxygens (including phenoxy) is 3. The molecule has 9 rings (SSSR count). The molecule has 3 aliphatic heterocycles. The van der Waals surface area contributed by atoms with Crippen LogP contribution in [0.1, 0.15) is 70.3 Å². The number of hydrogen-bond donors (Lipinski definition) is 5. The Kier molecular flexibility index (Phi) is 25.3. The number of hydrogen-bond acceptors (Lipinski definition) is 28. The third-order valence-corrected chi connectivity index (χ3v) is 15.3. The lowest BCUT2D eigenvalue weighted by atomic mass is 9.75. The number of β-lactam (4-membered cyclic amide) rings is 3. The zero-order chi connectivity index (χ0) is 71.4. The van der Waals surface area contributed by atoms with Crippen LogP contribution < -0.4 is 16.0 Å². The Bertz CT molecular complexity index is 3870. The van der Waals surface area contributed by atoms with Gasteiger partial charge in [0.1, 0.15) is 26.1 Å². The molecule has 0 saturated carbocycles. The van der Waals surface area contributed by atoms with E-state index < -0.39 is 145 Å². The van der Waals surface area contributed by atoms with Gasteiger partial charge in [-0.3, -0.25) is 59.1 Å². The van der Waals surface area contributed by atoms with Crippen molar-refractivity contribution in [3.8, 4) is 0 Å². The van der Waals surface area contributed by atoms with Gasteiger partial charge in [0.15, 0.2) is 12.7 Å². The van der Waals surface area contributed by atoms with Gasteiger partial charge >= 0.3 is 35.0 Å². The minimum Gasteiger partial charge on any atom is -0.452 e. The number of aliphatic hydroxyl groups excluding tert-OH is 1. The number of esters is 3. The summed E-state index contributed by atoms with van der Waals surface area (Å²) in [6.07, 6.45) is 2.90. The molecule has 0 aliphatic carbocycles. The van der Waals surface area contributed by atoms with Gasteiger partial charge in [0.25, 0.3) is 34.4 Å². The molecule has 6 unspecified atom stereocenters. The molecule has 506 valence electrons. The number of nitro groups is 3. The summed E-state index contributed by atoms with van der Waals surface area (Å²) in [6, 6.07) is 12.8. The van der Waals surface area contributed by atoms with Crippen LogP contribution >= 0.6 is 0 Å². The second-order valence-corrected chi connectivity index (χ2v) is 21.3. The number of tetrazole rings is 3. The maximum atomic E-state index is 12.8. The van der Waals surface area contributed by atoms with E-state index in [1.165, 1.54) is 129 Å². The molecule has 5 N–H and O–H groups in total. The monoisotopic (exact) mass is 1340 g/mol. The van der Waals surface area contributed by atoms with E-state index in [1.54, 1.807) is 13.8 Å². The van der Waals surface area contributed by atoms with Crippen LogP contribution in [0.5, 0.6) is 0 Å². The molecule has 3 aliphatic rings. The molecule has 97 heavy (non-hydrogen) atoms. The van der Waals surface area contributed by atoms with E-state index in [9.17, 15) is 89.7 Å². The normalized spacial score (nSPS) is 18.7. The van der Waals surface area contributed by atoms with Crippen molar-refractivity contribution in [3.63, 3.8) is 0 Å². The minimum absolute atomic E-state index is 0.130. The van der Waals surface area contributed by atoms with Crippen LogP contribution in [0.4, 0.5) is 17.1 Å². The number of aliphatic hydroxyl groups is 1. The van der Waals surface area contributed by atoms with E-state index in [0.717, 1.165) is 0 Å². The number of benzene rings is 3. The standard InChI is InChI=1S/2C18H18N8O6.C17H18N4O7.CH2N4/c1-9(14-13(17(28)21-14)10(2)25-8-20-23-24-25)16(27)15(22-19)18(29)32-7-11-3-5-12(6-4-11)26(30)31;1-9(14-13(17(28)22-14)10(2)25-21-8-20-24-25)16(27)15(23-19)18(29)32-7-11-3-5-12(6-4-11)26(30)31;1-8(13-12(9(2)22)16(24)19-13)15(23)14(20-18)17(25)28-7-10-3-5-11(6-4-10)21(26)27;1-2-4-5-3-1/h3-6,8-10,13-14H,7H2,1-2H3,(H,21,28);3-6,8-10,13-14H,7H2,1-2H3,(H,22,28);3-6,8-9,12-13,22H,7H2,1-2H3,(H,19,24);1H,(H,2,3,4,5)/t2*9-,10-,13?,14?;8-,9+,12?,13?;/m111./s1. The van der Waals surface area contributed by atoms with Crippen LogP contribution in [-0.4, -0.2) is 190 Å². The number of non-ortho nitro benzene ring substituents is 3. The lowest BCUT2D eigenvalue weighted by molar-refractivity contribution is -0.385. The largest absolute Gasteiger partial charge is 0.452 e. The van der Waals surface area contributed by atoms with Crippen molar-refractivity contribution in [1.82, 2.24) is 77.0 Å². The second-order valence-electron chi connectivity index (χ2n) is 21.3. The van der Waals surface area contributed by atoms with E-state index in [4.69, 9.17) is 19.7 Å². The van der Waals surface area contributed by atoms with Crippen molar-refractivity contribution in [2.24, 2.45) is 35.5 Å². The van der Waals surface area contributed by atoms with Gasteiger partial charge in [-0.25, -0.2) is 19.1 Å². The van der Waals surface area contributed by atoms with Gasteiger partial charge in [-0.15, -0.1) is 25.5 Å². The number of amides is 3. The van der Waals surface area contributed by atoms with Crippen molar-refractivity contribution in [3.05, 3.63) is 155 Å². The first-order chi connectivity index (χ1) is 46.1. The molecule has 0 spiro atoms. The van der Waals surface area contributed by atoms with Crippen LogP contribution in [0.15, 0.2) is 91.8 Å². The maximum Gasteiger partial charge on any atom is 0.441 e. The van der Waals surface area contributed by atoms with E-state index in [2.05, 4.69) is 81.9 Å². The number of H-pyrrole nitrogens is 1. The zero-order valence-corrected chi connectivity index (χ0v) is 51.4. The first-order valence-corrected chi connectivity index (χ1v) is 28.4. The predicted molar refractivity (Wildman–Crippen MR) is 314 cm³/mol. The molecule has 3 aromatic carbocycles. The van der Waals surface area contributed by atoms with E-state index in [0.29, 0.717) is 16.7 Å². The summed E-state index contributed by atoms with van der Waals surface area (Å²) in [4.78, 5) is 150. The molecule has 3 amide bonds. The average Bonchev–Trinajstić information content (AvgIpc) is 1.46. The van der Waals surface area contributed by atoms with Crippen LogP contribution in [0, 0.1) is 65.9 Å². The number of nitrogens with zero attached hydrogens (tertiary/aromatic N) is 20. The van der Waals surface area contributed by atoms with E-state index in [-0.39, 0.29) is 48.7 Å². The summed E-state index contributed by atoms with van der Waals surface area (Å²) < 4.78 is 16.3. The van der Waals surface area contributed by atoms with Crippen molar-refractivity contribution >= 4 is 87.2 Å². The SMILES string of the molecule is C[C@H](C1C(=O)NC1[C@@H](C)C(=O)C(=[N+]=[N-])C(=O)OCc1ccc([N+](=O)[O-])cc1)n1cnnn1.C[C@H](C1C(=O)NC1[C@@H](C)C(=O)C(=[N+]=[N-])C(=O)OCc1ccc([N+](=O)[O-])cc1)n1ncnn1.C[C@H](O)C1C(=O)NC1[C@@H](C)C(=O)C(=[N+]=[N-])C(=O)OCc1ccc([N+](=O)[O-])cc1.c1nn[nH]n1. The molecule has 0 bridgehead atoms. The Morgan fingerprint density at radius 1 is 0.536 bits per heavy atom. The van der Waals surface area contributed by atoms with E-state index in [1.807, 2.05) is 0 Å². The number of ketones is 3. The topological polar surface area (TPSA) is 618 Å². The van der Waals surface area contributed by atoms with Crippen LogP contribution in [0.25, 0.3) is 16.6 Å². The fourth-order valence-corrected chi connectivity index (χ4v) is 9.77. The number of rotatable bonds is 26. The quantitative estimate of drug-likeness (QED) is 0.00498. The van der Waals surface area contributed by atoms with Crippen LogP contribution in [0.2, 0.25) is 0 Å². The number of aromatic amines is 1. The van der Waals surface area contributed by atoms with Gasteiger partial charge in [0.05, 0.1) is 68.8 Å². The molecule has 6 aromatic rings. The van der Waals surface area contributed by atoms with Gasteiger partial charge in [0, 0.05) is 54.2 Å². The molecular weight excluding hydrogens is 1290 g/mol. The number of nitrogens with one attached hydrogen (secondary N) is 4. The highest BCUT2D eigenvalue weighted by molar-refractivity contribution is 6.63. The van der Waals surface area contributed by atoms with E-state index >= 15 is 0 Å². The van der Waals surface area contributed by atoms with Gasteiger partial charge in [0.2, 0.25) is 17.7 Å². The molecular formula is C54H56N24O19. The molecule has 43 heteroatoms. The number of Topliss-reactive ketones (excluding diaryl/α,β-unsaturated/α-hetero) is 3. The highest BCUT2D eigenvalue weighted by atomic mass is 16.6. The van der Waals surface area contributed by atoms with Crippen LogP contribution in [-0.2, 0) is 77.2 Å². The predicted octanol–water partition coefficient (Wildman–Crippen LogP) is -1.04. The minimum atomic E-state index is -1.18. The Balaban J connectivity index is 0.000000222. The van der Waals surface area contributed by atoms with Gasteiger partial charge in [-0.05, 0) is 89.5 Å². The maximum absolute atomic E-state index is 12.8. The summed E-state index contributed by atoms with van der Waals surface area (Å²) in [6.45, 7) is 8.32. The highest BCUT2D eigenvalue weighted by Crippen LogP contribution is 2.34. The van der Waals surface area contributed by atoms with Crippen molar-refractivity contribution in [2.45, 2.75) is 97.7 Å². The van der Waals surface area contributed by atoms with Crippen molar-refractivity contribution < 1.29 is 91.6 Å². The first kappa shape index (κ1) is 73.1. The number of carbonyl (C=O) groups excluding carboxylic acids is 9. The third kappa shape index (κ3) is 18.2. The van der Waals surface area contributed by atoms with Gasteiger partial charge in [-0.2, -0.15) is 24.4 Å². The summed E-state index contributed by atoms with van der Waals surface area (Å²) in [5.74, 6) is -11.9. The molecule has 43 nitrogen and oxygen atoms in total. The second kappa shape index (κ2) is 33.5. The zero-order valence-electron chi connectivity index (χ0n) is 51.4. The van der Waals surface area contributed by atoms with Crippen LogP contribution in [0.3, 0.4) is 0 Å². The number of nitro benzene ring substituents is 3. The number of carbonyl (C=O) groups is 9. The molecule has 3 fully saturated rings. The first-order valence-electron chi connectivity index (χ1n) is 28.4. The molecule has 3 aromatic heterocycles. The average molecular weight is 1350 g/mol.